The van der Waals surface area contributed by atoms with Gasteiger partial charge in [0.15, 0.2) is 0 Å². The van der Waals surface area contributed by atoms with Crippen LogP contribution in [0, 0.1) is 5.82 Å². The lowest BCUT2D eigenvalue weighted by molar-refractivity contribution is 0.626. The van der Waals surface area contributed by atoms with E-state index in [0.717, 1.165) is 19.8 Å². The van der Waals surface area contributed by atoms with Gasteiger partial charge in [0, 0.05) is 20.3 Å². The molecule has 0 saturated heterocycles. The first-order valence-electron chi connectivity index (χ1n) is 5.54. The minimum atomic E-state index is -0.221. The lowest BCUT2D eigenvalue weighted by Gasteiger charge is -2.12. The fraction of sp³-hybridized carbons (Fsp3) is 0.143. The molecule has 0 aliphatic carbocycles. The van der Waals surface area contributed by atoms with Gasteiger partial charge in [0.1, 0.15) is 5.82 Å². The van der Waals surface area contributed by atoms with Crippen LogP contribution in [0.2, 0.25) is 0 Å². The second-order valence-electron chi connectivity index (χ2n) is 4.03. The molecule has 0 aliphatic rings. The maximum absolute atomic E-state index is 12.9. The molecule has 0 bridgehead atoms. The van der Waals surface area contributed by atoms with Crippen molar-refractivity contribution in [3.05, 3.63) is 58.3 Å². The van der Waals surface area contributed by atoms with Crippen LogP contribution in [0.5, 0.6) is 0 Å². The summed E-state index contributed by atoms with van der Waals surface area (Å²) in [6.45, 7) is 1.96. The predicted molar refractivity (Wildman–Crippen MR) is 77.3 cm³/mol. The van der Waals surface area contributed by atoms with Gasteiger partial charge in [-0.3, -0.25) is 0 Å². The molecule has 0 saturated carbocycles. The van der Waals surface area contributed by atoms with Gasteiger partial charge < -0.3 is 5.73 Å². The van der Waals surface area contributed by atoms with Crippen LogP contribution in [0.25, 0.3) is 0 Å². The Morgan fingerprint density at radius 3 is 2.44 bits per heavy atom. The maximum Gasteiger partial charge on any atom is 0.123 e. The van der Waals surface area contributed by atoms with Crippen molar-refractivity contribution in [3.8, 4) is 0 Å². The van der Waals surface area contributed by atoms with Gasteiger partial charge in [0.05, 0.1) is 0 Å². The van der Waals surface area contributed by atoms with Gasteiger partial charge in [-0.15, -0.1) is 0 Å². The minimum absolute atomic E-state index is 0.0268. The Bertz CT molecular complexity index is 540. The third kappa shape index (κ3) is 3.34. The molecule has 1 atom stereocenters. The van der Waals surface area contributed by atoms with Gasteiger partial charge >= 0.3 is 0 Å². The fourth-order valence-corrected chi connectivity index (χ4v) is 3.20. The monoisotopic (exact) mass is 325 g/mol. The molecule has 0 aromatic heterocycles. The number of nitrogens with two attached hydrogens (primary N) is 1. The molecule has 0 spiro atoms. The summed E-state index contributed by atoms with van der Waals surface area (Å²) in [5.41, 5.74) is 7.04. The van der Waals surface area contributed by atoms with Crippen LogP contribution >= 0.6 is 27.7 Å². The Morgan fingerprint density at radius 2 is 1.83 bits per heavy atom. The highest BCUT2D eigenvalue weighted by molar-refractivity contribution is 9.10. The highest BCUT2D eigenvalue weighted by atomic mass is 79.9. The SMILES string of the molecule is CC(N)c1ccc(Br)cc1Sc1ccc(F)cc1. The zero-order chi connectivity index (χ0) is 13.1. The molecule has 2 rings (SSSR count). The molecule has 0 heterocycles. The molecule has 2 aromatic rings. The molecule has 1 nitrogen and oxygen atoms in total. The van der Waals surface area contributed by atoms with E-state index in [1.807, 2.05) is 25.1 Å². The van der Waals surface area contributed by atoms with Gasteiger partial charge in [-0.05, 0) is 48.9 Å². The summed E-state index contributed by atoms with van der Waals surface area (Å²) < 4.78 is 13.9. The summed E-state index contributed by atoms with van der Waals surface area (Å²) in [5.74, 6) is -0.221. The molecule has 2 N–H and O–H groups in total. The van der Waals surface area contributed by atoms with Gasteiger partial charge in [0.2, 0.25) is 0 Å². The third-order valence-electron chi connectivity index (χ3n) is 2.51. The van der Waals surface area contributed by atoms with Gasteiger partial charge in [-0.2, -0.15) is 0 Å². The number of benzene rings is 2. The maximum atomic E-state index is 12.9. The Kier molecular flexibility index (Phi) is 4.43. The molecule has 1 unspecified atom stereocenters. The molecular formula is C14H13BrFNS. The van der Waals surface area contributed by atoms with E-state index in [0.29, 0.717) is 0 Å². The predicted octanol–water partition coefficient (Wildman–Crippen LogP) is 4.76. The second kappa shape index (κ2) is 5.87. The normalized spacial score (nSPS) is 12.4. The lowest BCUT2D eigenvalue weighted by Crippen LogP contribution is -2.06. The molecule has 94 valence electrons. The van der Waals surface area contributed by atoms with Crippen LogP contribution in [0.15, 0.2) is 56.7 Å². The largest absolute Gasteiger partial charge is 0.324 e. The van der Waals surface area contributed by atoms with Crippen LogP contribution in [-0.4, -0.2) is 0 Å². The van der Waals surface area contributed by atoms with Crippen LogP contribution < -0.4 is 5.73 Å². The van der Waals surface area contributed by atoms with E-state index in [1.165, 1.54) is 12.1 Å². The Labute approximate surface area is 119 Å². The van der Waals surface area contributed by atoms with Crippen LogP contribution in [0.1, 0.15) is 18.5 Å². The average Bonchev–Trinajstić information content (AvgIpc) is 2.32. The molecule has 18 heavy (non-hydrogen) atoms. The smallest absolute Gasteiger partial charge is 0.123 e. The van der Waals surface area contributed by atoms with Gasteiger partial charge in [-0.25, -0.2) is 4.39 Å². The molecule has 4 heteroatoms. The van der Waals surface area contributed by atoms with E-state index in [-0.39, 0.29) is 11.9 Å². The highest BCUT2D eigenvalue weighted by Crippen LogP contribution is 2.34. The van der Waals surface area contributed by atoms with Crippen LogP contribution in [-0.2, 0) is 0 Å². The molecule has 0 radical (unpaired) electrons. The average molecular weight is 326 g/mol. The van der Waals surface area contributed by atoms with E-state index >= 15 is 0 Å². The van der Waals surface area contributed by atoms with E-state index in [2.05, 4.69) is 15.9 Å². The van der Waals surface area contributed by atoms with Crippen molar-refractivity contribution in [2.45, 2.75) is 22.8 Å². The van der Waals surface area contributed by atoms with Crippen molar-refractivity contribution in [3.63, 3.8) is 0 Å². The standard InChI is InChI=1S/C14H13BrFNS/c1-9(17)13-7-2-10(15)8-14(13)18-12-5-3-11(16)4-6-12/h2-9H,17H2,1H3. The quantitative estimate of drug-likeness (QED) is 0.880. The minimum Gasteiger partial charge on any atom is -0.324 e. The molecule has 0 fully saturated rings. The first-order valence-corrected chi connectivity index (χ1v) is 7.15. The summed E-state index contributed by atoms with van der Waals surface area (Å²) in [6, 6.07) is 12.5. The van der Waals surface area contributed by atoms with Crippen molar-refractivity contribution in [1.29, 1.82) is 0 Å². The number of rotatable bonds is 3. The van der Waals surface area contributed by atoms with Crippen LogP contribution in [0.3, 0.4) is 0 Å². The molecule has 0 aliphatic heterocycles. The first kappa shape index (κ1) is 13.6. The Morgan fingerprint density at radius 1 is 1.17 bits per heavy atom. The molecule has 2 aromatic carbocycles. The summed E-state index contributed by atoms with van der Waals surface area (Å²) in [5, 5.41) is 0. The summed E-state index contributed by atoms with van der Waals surface area (Å²) in [4.78, 5) is 2.09. The van der Waals surface area contributed by atoms with Crippen molar-refractivity contribution < 1.29 is 4.39 Å². The summed E-state index contributed by atoms with van der Waals surface area (Å²) in [7, 11) is 0. The zero-order valence-electron chi connectivity index (χ0n) is 9.86. The zero-order valence-corrected chi connectivity index (χ0v) is 12.3. The summed E-state index contributed by atoms with van der Waals surface area (Å²) >= 11 is 5.04. The fourth-order valence-electron chi connectivity index (χ4n) is 1.60. The Balaban J connectivity index is 2.32. The van der Waals surface area contributed by atoms with E-state index in [4.69, 9.17) is 5.73 Å². The van der Waals surface area contributed by atoms with Crippen LogP contribution in [0.4, 0.5) is 4.39 Å². The van der Waals surface area contributed by atoms with Crippen molar-refractivity contribution in [2.24, 2.45) is 5.73 Å². The van der Waals surface area contributed by atoms with E-state index in [1.54, 1.807) is 23.9 Å². The van der Waals surface area contributed by atoms with Gasteiger partial charge in [0.25, 0.3) is 0 Å². The number of hydrogen-bond donors (Lipinski definition) is 1. The van der Waals surface area contributed by atoms with Crippen molar-refractivity contribution in [1.82, 2.24) is 0 Å². The first-order chi connectivity index (χ1) is 8.56. The molecule has 0 amide bonds. The number of halogens is 2. The lowest BCUT2D eigenvalue weighted by atomic mass is 10.1. The second-order valence-corrected chi connectivity index (χ2v) is 6.06. The van der Waals surface area contributed by atoms with Gasteiger partial charge in [-0.1, -0.05) is 33.8 Å². The topological polar surface area (TPSA) is 26.0 Å². The highest BCUT2D eigenvalue weighted by Gasteiger charge is 2.09. The van der Waals surface area contributed by atoms with Crippen molar-refractivity contribution in [2.75, 3.05) is 0 Å². The summed E-state index contributed by atoms with van der Waals surface area (Å²) in [6.07, 6.45) is 0. The van der Waals surface area contributed by atoms with E-state index < -0.39 is 0 Å². The van der Waals surface area contributed by atoms with E-state index in [9.17, 15) is 4.39 Å². The number of hydrogen-bond acceptors (Lipinski definition) is 2. The molecular weight excluding hydrogens is 313 g/mol. The third-order valence-corrected chi connectivity index (χ3v) is 4.08. The van der Waals surface area contributed by atoms with Crippen molar-refractivity contribution >= 4 is 27.7 Å². The Hall–Kier alpha value is -0.840.